The number of hydrogen-bond acceptors (Lipinski definition) is 2. The van der Waals surface area contributed by atoms with Crippen molar-refractivity contribution in [2.24, 2.45) is 5.92 Å². The molecule has 3 heteroatoms. The summed E-state index contributed by atoms with van der Waals surface area (Å²) in [4.78, 5) is 11.0. The normalized spacial score (nSPS) is 21.2. The zero-order valence-electron chi connectivity index (χ0n) is 9.31. The minimum atomic E-state index is -0.745. The van der Waals surface area contributed by atoms with E-state index >= 15 is 0 Å². The highest BCUT2D eigenvalue weighted by Crippen LogP contribution is 2.38. The molecule has 1 aliphatic rings. The number of fused-ring (bicyclic) bond motifs is 1. The summed E-state index contributed by atoms with van der Waals surface area (Å²) in [5, 5.41) is 18.5. The largest absolute Gasteiger partial charge is 0.508 e. The van der Waals surface area contributed by atoms with Crippen molar-refractivity contribution in [2.45, 2.75) is 32.1 Å². The number of carboxylic acids is 1. The van der Waals surface area contributed by atoms with Crippen molar-refractivity contribution >= 4 is 5.97 Å². The number of aryl methyl sites for hydroxylation is 1. The van der Waals surface area contributed by atoms with Gasteiger partial charge in [-0.1, -0.05) is 13.0 Å². The third kappa shape index (κ3) is 1.90. The number of aromatic hydroxyl groups is 1. The smallest absolute Gasteiger partial charge is 0.306 e. The summed E-state index contributed by atoms with van der Waals surface area (Å²) in [5.41, 5.74) is 2.20. The average molecular weight is 220 g/mol. The van der Waals surface area contributed by atoms with Gasteiger partial charge in [0.25, 0.3) is 0 Å². The molecule has 2 rings (SSSR count). The summed E-state index contributed by atoms with van der Waals surface area (Å²) in [6, 6.07) is 5.27. The Hall–Kier alpha value is -1.51. The van der Waals surface area contributed by atoms with Crippen LogP contribution in [-0.4, -0.2) is 16.2 Å². The van der Waals surface area contributed by atoms with Crippen LogP contribution in [0.1, 0.15) is 36.8 Å². The van der Waals surface area contributed by atoms with Crippen LogP contribution in [0.3, 0.4) is 0 Å². The van der Waals surface area contributed by atoms with E-state index in [-0.39, 0.29) is 17.6 Å². The second-order valence-corrected chi connectivity index (χ2v) is 4.51. The third-order valence-electron chi connectivity index (χ3n) is 3.48. The fourth-order valence-electron chi connectivity index (χ4n) is 2.53. The third-order valence-corrected chi connectivity index (χ3v) is 3.48. The molecule has 0 radical (unpaired) electrons. The number of benzene rings is 1. The fraction of sp³-hybridized carbons (Fsp3) is 0.462. The first kappa shape index (κ1) is 11.0. The van der Waals surface area contributed by atoms with E-state index in [4.69, 9.17) is 5.11 Å². The molecule has 0 saturated carbocycles. The fourth-order valence-corrected chi connectivity index (χ4v) is 2.53. The van der Waals surface area contributed by atoms with Crippen molar-refractivity contribution in [1.82, 2.24) is 0 Å². The molecular weight excluding hydrogens is 204 g/mol. The Morgan fingerprint density at radius 3 is 2.94 bits per heavy atom. The molecule has 3 nitrogen and oxygen atoms in total. The lowest BCUT2D eigenvalue weighted by Crippen LogP contribution is -2.22. The van der Waals surface area contributed by atoms with Gasteiger partial charge >= 0.3 is 5.97 Å². The summed E-state index contributed by atoms with van der Waals surface area (Å²) in [5.74, 6) is -0.751. The number of hydrogen-bond donors (Lipinski definition) is 2. The van der Waals surface area contributed by atoms with Crippen LogP contribution >= 0.6 is 0 Å². The van der Waals surface area contributed by atoms with Crippen molar-refractivity contribution in [3.05, 3.63) is 29.3 Å². The molecule has 0 aliphatic heterocycles. The highest BCUT2D eigenvalue weighted by Gasteiger charge is 2.29. The van der Waals surface area contributed by atoms with E-state index in [0.29, 0.717) is 0 Å². The van der Waals surface area contributed by atoms with Crippen molar-refractivity contribution in [2.75, 3.05) is 0 Å². The van der Waals surface area contributed by atoms with E-state index in [0.717, 1.165) is 30.4 Å². The van der Waals surface area contributed by atoms with Crippen LogP contribution in [0.15, 0.2) is 18.2 Å². The van der Waals surface area contributed by atoms with Crippen molar-refractivity contribution < 1.29 is 15.0 Å². The van der Waals surface area contributed by atoms with Gasteiger partial charge in [-0.2, -0.15) is 0 Å². The molecule has 2 atom stereocenters. The van der Waals surface area contributed by atoms with Crippen LogP contribution in [-0.2, 0) is 11.2 Å². The minimum absolute atomic E-state index is 0.0850. The second-order valence-electron chi connectivity index (χ2n) is 4.51. The zero-order chi connectivity index (χ0) is 11.7. The molecule has 0 heterocycles. The van der Waals surface area contributed by atoms with Gasteiger partial charge in [0.05, 0.1) is 5.92 Å². The van der Waals surface area contributed by atoms with Gasteiger partial charge in [0.2, 0.25) is 0 Å². The van der Waals surface area contributed by atoms with E-state index in [1.54, 1.807) is 19.1 Å². The standard InChI is InChI=1S/C13H16O3/c1-8(13(15)16)11-4-2-3-9-7-10(14)5-6-12(9)11/h5-8,11,14H,2-4H2,1H3,(H,15,16). The number of rotatable bonds is 2. The minimum Gasteiger partial charge on any atom is -0.508 e. The molecule has 2 unspecified atom stereocenters. The predicted molar refractivity (Wildman–Crippen MR) is 60.6 cm³/mol. The predicted octanol–water partition coefficient (Wildman–Crippen LogP) is 2.53. The van der Waals surface area contributed by atoms with Gasteiger partial charge in [0.15, 0.2) is 0 Å². The van der Waals surface area contributed by atoms with E-state index in [9.17, 15) is 9.90 Å². The summed E-state index contributed by atoms with van der Waals surface area (Å²) >= 11 is 0. The molecule has 0 bridgehead atoms. The van der Waals surface area contributed by atoms with Crippen LogP contribution in [0.4, 0.5) is 0 Å². The summed E-state index contributed by atoms with van der Waals surface area (Å²) < 4.78 is 0. The van der Waals surface area contributed by atoms with E-state index in [1.807, 2.05) is 6.07 Å². The Morgan fingerprint density at radius 1 is 1.50 bits per heavy atom. The van der Waals surface area contributed by atoms with E-state index in [1.165, 1.54) is 0 Å². The second kappa shape index (κ2) is 4.16. The van der Waals surface area contributed by atoms with Gasteiger partial charge in [-0.25, -0.2) is 0 Å². The van der Waals surface area contributed by atoms with Crippen LogP contribution in [0, 0.1) is 5.92 Å². The van der Waals surface area contributed by atoms with Gasteiger partial charge in [-0.15, -0.1) is 0 Å². The average Bonchev–Trinajstić information content (AvgIpc) is 2.26. The van der Waals surface area contributed by atoms with Gasteiger partial charge in [-0.3, -0.25) is 4.79 Å². The molecule has 0 saturated heterocycles. The van der Waals surface area contributed by atoms with Crippen molar-refractivity contribution in [3.8, 4) is 5.75 Å². The lowest BCUT2D eigenvalue weighted by atomic mass is 9.76. The Morgan fingerprint density at radius 2 is 2.25 bits per heavy atom. The number of phenols is 1. The lowest BCUT2D eigenvalue weighted by molar-refractivity contribution is -0.142. The molecule has 0 amide bonds. The van der Waals surface area contributed by atoms with Crippen molar-refractivity contribution in [1.29, 1.82) is 0 Å². The summed E-state index contributed by atoms with van der Waals surface area (Å²) in [6.07, 6.45) is 2.86. The molecule has 1 aromatic rings. The molecule has 16 heavy (non-hydrogen) atoms. The van der Waals surface area contributed by atoms with Crippen molar-refractivity contribution in [3.63, 3.8) is 0 Å². The topological polar surface area (TPSA) is 57.5 Å². The highest BCUT2D eigenvalue weighted by atomic mass is 16.4. The lowest BCUT2D eigenvalue weighted by Gasteiger charge is -2.28. The van der Waals surface area contributed by atoms with Gasteiger partial charge < -0.3 is 10.2 Å². The SMILES string of the molecule is CC(C(=O)O)C1CCCc2cc(O)ccc21. The maximum Gasteiger partial charge on any atom is 0.306 e. The summed E-state index contributed by atoms with van der Waals surface area (Å²) in [7, 11) is 0. The van der Waals surface area contributed by atoms with Gasteiger partial charge in [0, 0.05) is 0 Å². The monoisotopic (exact) mass is 220 g/mol. The van der Waals surface area contributed by atoms with E-state index < -0.39 is 5.97 Å². The van der Waals surface area contributed by atoms with Gasteiger partial charge in [0.1, 0.15) is 5.75 Å². The molecular formula is C13H16O3. The molecule has 0 spiro atoms. The molecule has 2 N–H and O–H groups in total. The zero-order valence-corrected chi connectivity index (χ0v) is 9.31. The Bertz CT molecular complexity index is 412. The number of carbonyl (C=O) groups is 1. The first-order chi connectivity index (χ1) is 7.59. The molecule has 0 aromatic heterocycles. The molecule has 1 aliphatic carbocycles. The maximum atomic E-state index is 11.0. The van der Waals surface area contributed by atoms with Crippen LogP contribution in [0.2, 0.25) is 0 Å². The maximum absolute atomic E-state index is 11.0. The first-order valence-corrected chi connectivity index (χ1v) is 5.64. The molecule has 1 aromatic carbocycles. The number of carboxylic acid groups (broad SMARTS) is 1. The van der Waals surface area contributed by atoms with Crippen LogP contribution in [0.5, 0.6) is 5.75 Å². The first-order valence-electron chi connectivity index (χ1n) is 5.64. The van der Waals surface area contributed by atoms with Crippen LogP contribution < -0.4 is 0 Å². The van der Waals surface area contributed by atoms with Crippen LogP contribution in [0.25, 0.3) is 0 Å². The quantitative estimate of drug-likeness (QED) is 0.805. The van der Waals surface area contributed by atoms with Gasteiger partial charge in [-0.05, 0) is 48.4 Å². The highest BCUT2D eigenvalue weighted by molar-refractivity contribution is 5.71. The number of aliphatic carboxylic acids is 1. The molecule has 0 fully saturated rings. The Labute approximate surface area is 94.7 Å². The van der Waals surface area contributed by atoms with E-state index in [2.05, 4.69) is 0 Å². The summed E-state index contributed by atoms with van der Waals surface area (Å²) in [6.45, 7) is 1.76. The molecule has 86 valence electrons. The Kier molecular flexibility index (Phi) is 2.86. The Balaban J connectivity index is 2.36. The number of phenolic OH excluding ortho intramolecular Hbond substituents is 1.